The van der Waals surface area contributed by atoms with Crippen LogP contribution in [0.25, 0.3) is 0 Å². The Bertz CT molecular complexity index is 801. The summed E-state index contributed by atoms with van der Waals surface area (Å²) in [5.74, 6) is 0.0639. The molecular formula is C20H21N3O2. The lowest BCUT2D eigenvalue weighted by Gasteiger charge is -2.38. The van der Waals surface area contributed by atoms with Crippen molar-refractivity contribution in [3.63, 3.8) is 0 Å². The van der Waals surface area contributed by atoms with Crippen molar-refractivity contribution >= 4 is 11.6 Å². The van der Waals surface area contributed by atoms with Gasteiger partial charge in [0.1, 0.15) is 5.71 Å². The van der Waals surface area contributed by atoms with Gasteiger partial charge in [0.2, 0.25) is 0 Å². The van der Waals surface area contributed by atoms with E-state index < -0.39 is 5.60 Å². The first-order valence-corrected chi connectivity index (χ1v) is 8.68. The second kappa shape index (κ2) is 6.31. The van der Waals surface area contributed by atoms with E-state index in [9.17, 15) is 4.79 Å². The monoisotopic (exact) mass is 335 g/mol. The van der Waals surface area contributed by atoms with E-state index >= 15 is 0 Å². The van der Waals surface area contributed by atoms with E-state index in [2.05, 4.69) is 10.1 Å². The van der Waals surface area contributed by atoms with Crippen LogP contribution in [0, 0.1) is 6.92 Å². The van der Waals surface area contributed by atoms with Crippen LogP contribution < -0.4 is 0 Å². The van der Waals surface area contributed by atoms with Crippen molar-refractivity contribution in [3.8, 4) is 0 Å². The van der Waals surface area contributed by atoms with Crippen LogP contribution >= 0.6 is 0 Å². The molecule has 2 aromatic rings. The van der Waals surface area contributed by atoms with Crippen molar-refractivity contribution in [2.24, 2.45) is 5.16 Å². The molecule has 1 saturated heterocycles. The summed E-state index contributed by atoms with van der Waals surface area (Å²) in [6.45, 7) is 3.35. The van der Waals surface area contributed by atoms with Crippen LogP contribution in [0.2, 0.25) is 0 Å². The summed E-state index contributed by atoms with van der Waals surface area (Å²) in [6.07, 6.45) is 4.28. The van der Waals surface area contributed by atoms with Crippen molar-refractivity contribution < 1.29 is 9.63 Å². The molecule has 2 aliphatic heterocycles. The molecule has 0 aliphatic carbocycles. The minimum Gasteiger partial charge on any atom is -0.387 e. The first-order chi connectivity index (χ1) is 12.2. The van der Waals surface area contributed by atoms with Crippen molar-refractivity contribution in [1.82, 2.24) is 9.88 Å². The van der Waals surface area contributed by atoms with E-state index in [-0.39, 0.29) is 5.91 Å². The quantitative estimate of drug-likeness (QED) is 0.847. The smallest absolute Gasteiger partial charge is 0.253 e. The van der Waals surface area contributed by atoms with Gasteiger partial charge < -0.3 is 9.74 Å². The Kier molecular flexibility index (Phi) is 3.99. The first-order valence-electron chi connectivity index (χ1n) is 8.68. The van der Waals surface area contributed by atoms with Crippen molar-refractivity contribution in [3.05, 3.63) is 65.5 Å². The molecule has 4 rings (SSSR count). The molecule has 1 fully saturated rings. The van der Waals surface area contributed by atoms with Crippen LogP contribution in [0.1, 0.15) is 40.9 Å². The van der Waals surface area contributed by atoms with E-state index in [0.29, 0.717) is 13.0 Å². The molecule has 1 unspecified atom stereocenters. The zero-order chi connectivity index (χ0) is 17.3. The standard InChI is InChI=1S/C20H21N3O2/c1-15-6-8-16(9-7-15)19(24)23-12-4-10-20(14-23)13-18(22-25-20)17-5-2-3-11-21-17/h2-3,5-9,11H,4,10,12-14H2,1H3. The van der Waals surface area contributed by atoms with Crippen LogP contribution in [-0.4, -0.2) is 40.2 Å². The lowest BCUT2D eigenvalue weighted by Crippen LogP contribution is -2.50. The van der Waals surface area contributed by atoms with Crippen molar-refractivity contribution in [1.29, 1.82) is 0 Å². The Morgan fingerprint density at radius 1 is 1.20 bits per heavy atom. The number of hydrogen-bond donors (Lipinski definition) is 0. The van der Waals surface area contributed by atoms with E-state index in [1.807, 2.05) is 54.3 Å². The molecule has 25 heavy (non-hydrogen) atoms. The molecule has 1 atom stereocenters. The number of hydrogen-bond acceptors (Lipinski definition) is 4. The third kappa shape index (κ3) is 3.14. The van der Waals surface area contributed by atoms with Crippen LogP contribution in [0.15, 0.2) is 53.8 Å². The second-order valence-electron chi connectivity index (χ2n) is 6.90. The lowest BCUT2D eigenvalue weighted by atomic mass is 9.87. The number of pyridine rings is 1. The van der Waals surface area contributed by atoms with Gasteiger partial charge in [-0.3, -0.25) is 9.78 Å². The Hall–Kier alpha value is -2.69. The summed E-state index contributed by atoms with van der Waals surface area (Å²) in [5, 5.41) is 4.28. The summed E-state index contributed by atoms with van der Waals surface area (Å²) in [4.78, 5) is 24.9. The highest BCUT2D eigenvalue weighted by molar-refractivity contribution is 6.00. The number of amides is 1. The van der Waals surface area contributed by atoms with Gasteiger partial charge in [-0.05, 0) is 44.0 Å². The molecule has 1 aromatic carbocycles. The summed E-state index contributed by atoms with van der Waals surface area (Å²) in [6, 6.07) is 13.5. The molecule has 5 heteroatoms. The molecule has 0 saturated carbocycles. The van der Waals surface area contributed by atoms with Gasteiger partial charge in [-0.1, -0.05) is 28.9 Å². The third-order valence-corrected chi connectivity index (χ3v) is 4.92. The Morgan fingerprint density at radius 2 is 2.04 bits per heavy atom. The van der Waals surface area contributed by atoms with Crippen LogP contribution in [0.3, 0.4) is 0 Å². The molecule has 128 valence electrons. The minimum absolute atomic E-state index is 0.0639. The molecule has 2 aliphatic rings. The van der Waals surface area contributed by atoms with Gasteiger partial charge in [0.05, 0.1) is 12.2 Å². The summed E-state index contributed by atoms with van der Waals surface area (Å²) >= 11 is 0. The number of likely N-dealkylation sites (tertiary alicyclic amines) is 1. The molecule has 3 heterocycles. The maximum atomic E-state index is 12.8. The highest BCUT2D eigenvalue weighted by Crippen LogP contribution is 2.35. The van der Waals surface area contributed by atoms with E-state index in [4.69, 9.17) is 4.84 Å². The van der Waals surface area contributed by atoms with Gasteiger partial charge in [0.15, 0.2) is 5.60 Å². The fraction of sp³-hybridized carbons (Fsp3) is 0.350. The maximum absolute atomic E-state index is 12.8. The Labute approximate surface area is 147 Å². The van der Waals surface area contributed by atoms with Crippen molar-refractivity contribution in [2.75, 3.05) is 13.1 Å². The predicted octanol–water partition coefficient (Wildman–Crippen LogP) is 3.19. The highest BCUT2D eigenvalue weighted by Gasteiger charge is 2.44. The van der Waals surface area contributed by atoms with Crippen LogP contribution in [0.4, 0.5) is 0 Å². The molecule has 1 aromatic heterocycles. The van der Waals surface area contributed by atoms with Gasteiger partial charge >= 0.3 is 0 Å². The average Bonchev–Trinajstić information content (AvgIpc) is 3.06. The van der Waals surface area contributed by atoms with Gasteiger partial charge in [-0.25, -0.2) is 0 Å². The van der Waals surface area contributed by atoms with Crippen molar-refractivity contribution in [2.45, 2.75) is 31.8 Å². The fourth-order valence-corrected chi connectivity index (χ4v) is 3.56. The van der Waals surface area contributed by atoms with Crippen LogP contribution in [0.5, 0.6) is 0 Å². The molecule has 1 amide bonds. The molecular weight excluding hydrogens is 314 g/mol. The Morgan fingerprint density at radius 3 is 2.80 bits per heavy atom. The number of aryl methyl sites for hydroxylation is 1. The fourth-order valence-electron chi connectivity index (χ4n) is 3.56. The number of aromatic nitrogens is 1. The largest absolute Gasteiger partial charge is 0.387 e. The molecule has 0 bridgehead atoms. The number of carbonyl (C=O) groups is 1. The lowest BCUT2D eigenvalue weighted by molar-refractivity contribution is -0.0618. The van der Waals surface area contributed by atoms with E-state index in [0.717, 1.165) is 41.9 Å². The van der Waals surface area contributed by atoms with Gasteiger partial charge in [-0.15, -0.1) is 0 Å². The summed E-state index contributed by atoms with van der Waals surface area (Å²) < 4.78 is 0. The molecule has 5 nitrogen and oxygen atoms in total. The molecule has 0 radical (unpaired) electrons. The van der Waals surface area contributed by atoms with E-state index in [1.165, 1.54) is 0 Å². The second-order valence-corrected chi connectivity index (χ2v) is 6.90. The van der Waals surface area contributed by atoms with E-state index in [1.54, 1.807) is 6.20 Å². The number of piperidine rings is 1. The number of oxime groups is 1. The zero-order valence-corrected chi connectivity index (χ0v) is 14.3. The van der Waals surface area contributed by atoms with Gasteiger partial charge in [0.25, 0.3) is 5.91 Å². The van der Waals surface area contributed by atoms with Crippen LogP contribution in [-0.2, 0) is 4.84 Å². The molecule has 0 N–H and O–H groups in total. The highest BCUT2D eigenvalue weighted by atomic mass is 16.7. The number of nitrogens with zero attached hydrogens (tertiary/aromatic N) is 3. The predicted molar refractivity (Wildman–Crippen MR) is 95.5 cm³/mol. The van der Waals surface area contributed by atoms with Gasteiger partial charge in [0, 0.05) is 24.7 Å². The summed E-state index contributed by atoms with van der Waals surface area (Å²) in [7, 11) is 0. The average molecular weight is 335 g/mol. The van der Waals surface area contributed by atoms with Gasteiger partial charge in [-0.2, -0.15) is 0 Å². The maximum Gasteiger partial charge on any atom is 0.253 e. The summed E-state index contributed by atoms with van der Waals surface area (Å²) in [5.41, 5.74) is 3.18. The minimum atomic E-state index is -0.411. The number of benzene rings is 1. The topological polar surface area (TPSA) is 54.8 Å². The Balaban J connectivity index is 1.48. The normalized spacial score (nSPS) is 22.6. The number of rotatable bonds is 2. The zero-order valence-electron chi connectivity index (χ0n) is 14.3. The third-order valence-electron chi connectivity index (χ3n) is 4.92. The first kappa shape index (κ1) is 15.8. The molecule has 1 spiro atoms. The number of carbonyl (C=O) groups excluding carboxylic acids is 1. The SMILES string of the molecule is Cc1ccc(C(=O)N2CCCC3(CC(c4ccccn4)=NO3)C2)cc1.